The van der Waals surface area contributed by atoms with Crippen LogP contribution in [-0.4, -0.2) is 29.5 Å². The summed E-state index contributed by atoms with van der Waals surface area (Å²) in [4.78, 5) is 25.7. The maximum absolute atomic E-state index is 12.5. The second-order valence-corrected chi connectivity index (χ2v) is 5.92. The second-order valence-electron chi connectivity index (χ2n) is 5.49. The molecule has 0 radical (unpaired) electrons. The molecule has 2 aromatic rings. The number of halogens is 1. The fourth-order valence-corrected chi connectivity index (χ4v) is 2.79. The fourth-order valence-electron chi connectivity index (χ4n) is 2.66. The molecule has 1 atom stereocenters. The third-order valence-electron chi connectivity index (χ3n) is 3.81. The molecule has 3 rings (SSSR count). The molecule has 6 heteroatoms. The Kier molecular flexibility index (Phi) is 6.29. The molecule has 24 heavy (non-hydrogen) atoms. The van der Waals surface area contributed by atoms with E-state index in [1.807, 2.05) is 30.3 Å². The van der Waals surface area contributed by atoms with E-state index in [0.717, 1.165) is 11.1 Å². The summed E-state index contributed by atoms with van der Waals surface area (Å²) in [6.07, 6.45) is 0.182. The predicted octanol–water partition coefficient (Wildman–Crippen LogP) is 3.59. The molecule has 1 aliphatic rings. The van der Waals surface area contributed by atoms with Crippen molar-refractivity contribution in [1.29, 1.82) is 0 Å². The second kappa shape index (κ2) is 8.22. The minimum atomic E-state index is -0.565. The summed E-state index contributed by atoms with van der Waals surface area (Å²) >= 11 is 5.84. The van der Waals surface area contributed by atoms with Crippen LogP contribution in [0.2, 0.25) is 5.02 Å². The Hall–Kier alpha value is -1.98. The highest BCUT2D eigenvalue weighted by Crippen LogP contribution is 2.19. The highest BCUT2D eigenvalue weighted by atomic mass is 35.5. The Morgan fingerprint density at radius 3 is 2.42 bits per heavy atom. The van der Waals surface area contributed by atoms with Crippen LogP contribution in [0.1, 0.15) is 11.1 Å². The van der Waals surface area contributed by atoms with Crippen molar-refractivity contribution in [2.75, 3.05) is 6.61 Å². The average Bonchev–Trinajstić information content (AvgIpc) is 2.91. The van der Waals surface area contributed by atoms with Crippen molar-refractivity contribution < 1.29 is 14.3 Å². The van der Waals surface area contributed by atoms with Gasteiger partial charge in [-0.2, -0.15) is 13.5 Å². The summed E-state index contributed by atoms with van der Waals surface area (Å²) < 4.78 is 5.07. The van der Waals surface area contributed by atoms with Gasteiger partial charge in [-0.3, -0.25) is 4.79 Å². The van der Waals surface area contributed by atoms with E-state index in [9.17, 15) is 9.59 Å². The zero-order valence-electron chi connectivity index (χ0n) is 12.9. The van der Waals surface area contributed by atoms with Crippen LogP contribution in [0.25, 0.3) is 0 Å². The Balaban J connectivity index is 0.00000208. The maximum Gasteiger partial charge on any atom is 0.416 e. The van der Waals surface area contributed by atoms with Gasteiger partial charge in [0.05, 0.1) is 12.5 Å². The molecular formula is C18H18ClNO3S. The number of rotatable bonds is 4. The number of amides is 2. The SMILES string of the molecule is O=C(Cc1ccc(Cl)cc1)N1C(=O)OCC1Cc1ccccc1.S. The van der Waals surface area contributed by atoms with E-state index >= 15 is 0 Å². The Morgan fingerprint density at radius 1 is 1.08 bits per heavy atom. The molecule has 0 N–H and O–H groups in total. The number of hydrogen-bond donors (Lipinski definition) is 0. The highest BCUT2D eigenvalue weighted by molar-refractivity contribution is 7.59. The van der Waals surface area contributed by atoms with Gasteiger partial charge in [0.1, 0.15) is 6.61 Å². The molecule has 0 bridgehead atoms. The molecule has 1 fully saturated rings. The molecule has 0 aromatic heterocycles. The smallest absolute Gasteiger partial charge is 0.416 e. The first-order chi connectivity index (χ1) is 11.1. The third-order valence-corrected chi connectivity index (χ3v) is 4.06. The lowest BCUT2D eigenvalue weighted by molar-refractivity contribution is -0.128. The summed E-state index contributed by atoms with van der Waals surface area (Å²) in [7, 11) is 0. The normalized spacial score (nSPS) is 16.5. The van der Waals surface area contributed by atoms with Crippen LogP contribution in [0, 0.1) is 0 Å². The molecule has 2 aromatic carbocycles. The highest BCUT2D eigenvalue weighted by Gasteiger charge is 2.37. The number of ether oxygens (including phenoxy) is 1. The zero-order valence-corrected chi connectivity index (χ0v) is 14.7. The number of hydrogen-bond acceptors (Lipinski definition) is 3. The molecule has 1 saturated heterocycles. The molecule has 2 amide bonds. The first kappa shape index (κ1) is 18.4. The molecule has 126 valence electrons. The van der Waals surface area contributed by atoms with Crippen LogP contribution in [0.5, 0.6) is 0 Å². The molecule has 1 unspecified atom stereocenters. The van der Waals surface area contributed by atoms with Crippen LogP contribution < -0.4 is 0 Å². The maximum atomic E-state index is 12.5. The van der Waals surface area contributed by atoms with Gasteiger partial charge in [-0.15, -0.1) is 0 Å². The molecule has 1 heterocycles. The molecule has 1 aliphatic heterocycles. The van der Waals surface area contributed by atoms with Gasteiger partial charge in [-0.25, -0.2) is 9.69 Å². The van der Waals surface area contributed by atoms with Crippen molar-refractivity contribution in [1.82, 2.24) is 4.90 Å². The van der Waals surface area contributed by atoms with Gasteiger partial charge in [0.2, 0.25) is 5.91 Å². The number of carbonyl (C=O) groups is 2. The molecular weight excluding hydrogens is 346 g/mol. The number of nitrogens with zero attached hydrogens (tertiary/aromatic N) is 1. The van der Waals surface area contributed by atoms with Gasteiger partial charge >= 0.3 is 6.09 Å². The van der Waals surface area contributed by atoms with Crippen molar-refractivity contribution in [3.63, 3.8) is 0 Å². The van der Waals surface area contributed by atoms with E-state index < -0.39 is 6.09 Å². The van der Waals surface area contributed by atoms with Crippen molar-refractivity contribution in [2.24, 2.45) is 0 Å². The summed E-state index contributed by atoms with van der Waals surface area (Å²) in [5.74, 6) is -0.254. The summed E-state index contributed by atoms with van der Waals surface area (Å²) in [5.41, 5.74) is 1.89. The summed E-state index contributed by atoms with van der Waals surface area (Å²) in [6.45, 7) is 0.236. The van der Waals surface area contributed by atoms with Crippen molar-refractivity contribution in [3.8, 4) is 0 Å². The Labute approximate surface area is 152 Å². The lowest BCUT2D eigenvalue weighted by Crippen LogP contribution is -2.41. The summed E-state index contributed by atoms with van der Waals surface area (Å²) in [6, 6.07) is 16.5. The molecule has 0 spiro atoms. The van der Waals surface area contributed by atoms with E-state index in [4.69, 9.17) is 16.3 Å². The van der Waals surface area contributed by atoms with E-state index in [1.54, 1.807) is 24.3 Å². The largest absolute Gasteiger partial charge is 0.447 e. The third kappa shape index (κ3) is 4.30. The van der Waals surface area contributed by atoms with Crippen LogP contribution in [0.4, 0.5) is 4.79 Å². The lowest BCUT2D eigenvalue weighted by atomic mass is 10.0. The van der Waals surface area contributed by atoms with Crippen LogP contribution >= 0.6 is 25.1 Å². The molecule has 0 saturated carbocycles. The van der Waals surface area contributed by atoms with Crippen LogP contribution in [0.15, 0.2) is 54.6 Å². The minimum absolute atomic E-state index is 0. The predicted molar refractivity (Wildman–Crippen MR) is 97.7 cm³/mol. The van der Waals surface area contributed by atoms with Crippen molar-refractivity contribution in [3.05, 3.63) is 70.7 Å². The molecule has 4 nitrogen and oxygen atoms in total. The first-order valence-electron chi connectivity index (χ1n) is 7.40. The fraction of sp³-hybridized carbons (Fsp3) is 0.222. The van der Waals surface area contributed by atoms with Gasteiger partial charge < -0.3 is 4.74 Å². The van der Waals surface area contributed by atoms with Crippen LogP contribution in [-0.2, 0) is 22.4 Å². The van der Waals surface area contributed by atoms with E-state index in [0.29, 0.717) is 11.4 Å². The number of carbonyl (C=O) groups excluding carboxylic acids is 2. The van der Waals surface area contributed by atoms with Gasteiger partial charge in [0, 0.05) is 5.02 Å². The van der Waals surface area contributed by atoms with Crippen molar-refractivity contribution in [2.45, 2.75) is 18.9 Å². The Bertz CT molecular complexity index is 706. The number of cyclic esters (lactones) is 1. The quantitative estimate of drug-likeness (QED) is 0.834. The van der Waals surface area contributed by atoms with Crippen molar-refractivity contribution >= 4 is 37.1 Å². The molecule has 0 aliphatic carbocycles. The van der Waals surface area contributed by atoms with E-state index in [1.165, 1.54) is 4.90 Å². The number of imide groups is 1. The van der Waals surface area contributed by atoms with Gasteiger partial charge in [-0.05, 0) is 29.7 Å². The first-order valence-corrected chi connectivity index (χ1v) is 7.78. The van der Waals surface area contributed by atoms with Gasteiger partial charge in [-0.1, -0.05) is 54.1 Å². The zero-order chi connectivity index (χ0) is 16.2. The monoisotopic (exact) mass is 363 g/mol. The minimum Gasteiger partial charge on any atom is -0.447 e. The van der Waals surface area contributed by atoms with E-state index in [-0.39, 0.29) is 38.5 Å². The topological polar surface area (TPSA) is 46.6 Å². The Morgan fingerprint density at radius 2 is 1.75 bits per heavy atom. The summed E-state index contributed by atoms with van der Waals surface area (Å²) in [5, 5.41) is 0.615. The number of benzene rings is 2. The lowest BCUT2D eigenvalue weighted by Gasteiger charge is -2.19. The van der Waals surface area contributed by atoms with Gasteiger partial charge in [0.25, 0.3) is 0 Å². The van der Waals surface area contributed by atoms with E-state index in [2.05, 4.69) is 0 Å². The van der Waals surface area contributed by atoms with Gasteiger partial charge in [0.15, 0.2) is 0 Å². The average molecular weight is 364 g/mol. The van der Waals surface area contributed by atoms with Crippen LogP contribution in [0.3, 0.4) is 0 Å². The standard InChI is InChI=1S/C18H16ClNO3.H2S/c19-15-8-6-14(7-9-15)11-17(21)20-16(12-23-18(20)22)10-13-4-2-1-3-5-13;/h1-9,16H,10-12H2;1H2.